The number of benzene rings is 1. The predicted molar refractivity (Wildman–Crippen MR) is 71.1 cm³/mol. The van der Waals surface area contributed by atoms with Crippen molar-refractivity contribution < 1.29 is 13.2 Å². The topological polar surface area (TPSA) is 15.3 Å². The van der Waals surface area contributed by atoms with E-state index in [2.05, 4.69) is 5.32 Å². The van der Waals surface area contributed by atoms with Crippen LogP contribution in [0.1, 0.15) is 17.5 Å². The maximum absolute atomic E-state index is 12.1. The largest absolute Gasteiger partial charge is 0.390 e. The molecule has 0 amide bonds. The van der Waals surface area contributed by atoms with Crippen LogP contribution < -0.4 is 5.32 Å². The fourth-order valence-corrected chi connectivity index (χ4v) is 1.79. The second-order valence-corrected chi connectivity index (χ2v) is 4.77. The molecule has 0 heterocycles. The first-order chi connectivity index (χ1) is 8.90. The molecule has 2 nitrogen and oxygen atoms in total. The minimum atomic E-state index is -4.08. The van der Waals surface area contributed by atoms with Crippen LogP contribution in [0.5, 0.6) is 0 Å². The number of nitrogens with one attached hydrogen (secondary N) is 1. The van der Waals surface area contributed by atoms with Gasteiger partial charge in [0.25, 0.3) is 0 Å². The highest BCUT2D eigenvalue weighted by atomic mass is 19.4. The van der Waals surface area contributed by atoms with Crippen LogP contribution in [0.3, 0.4) is 0 Å². The standard InChI is InChI=1S/C14H21F3N2/c1-18-9-7-12-3-5-13(6-4-12)11-19(2)10-8-14(15,16)17/h3-6,18H,7-11H2,1-2H3. The molecule has 19 heavy (non-hydrogen) atoms. The Labute approximate surface area is 112 Å². The molecule has 0 aliphatic rings. The van der Waals surface area contributed by atoms with Crippen LogP contribution in [0.2, 0.25) is 0 Å². The Morgan fingerprint density at radius 1 is 1.11 bits per heavy atom. The van der Waals surface area contributed by atoms with E-state index in [1.807, 2.05) is 31.3 Å². The van der Waals surface area contributed by atoms with Crippen LogP contribution in [0, 0.1) is 0 Å². The molecule has 0 aliphatic carbocycles. The molecule has 0 fully saturated rings. The van der Waals surface area contributed by atoms with Crippen molar-refractivity contribution in [2.24, 2.45) is 0 Å². The number of nitrogens with zero attached hydrogens (tertiary/aromatic N) is 1. The number of halogens is 3. The summed E-state index contributed by atoms with van der Waals surface area (Å²) in [4.78, 5) is 1.69. The second-order valence-electron chi connectivity index (χ2n) is 4.77. The first-order valence-corrected chi connectivity index (χ1v) is 6.38. The fourth-order valence-electron chi connectivity index (χ4n) is 1.79. The summed E-state index contributed by atoms with van der Waals surface area (Å²) in [5.74, 6) is 0. The summed E-state index contributed by atoms with van der Waals surface area (Å²) in [6.45, 7) is 1.50. The van der Waals surface area contributed by atoms with E-state index in [0.717, 1.165) is 18.5 Å². The van der Waals surface area contributed by atoms with Crippen molar-refractivity contribution in [3.05, 3.63) is 35.4 Å². The van der Waals surface area contributed by atoms with E-state index in [-0.39, 0.29) is 6.54 Å². The van der Waals surface area contributed by atoms with Crippen molar-refractivity contribution in [1.82, 2.24) is 10.2 Å². The normalized spacial score (nSPS) is 12.1. The van der Waals surface area contributed by atoms with Gasteiger partial charge in [0.05, 0.1) is 6.42 Å². The Balaban J connectivity index is 2.40. The Morgan fingerprint density at radius 2 is 1.68 bits per heavy atom. The number of rotatable bonds is 7. The van der Waals surface area contributed by atoms with Crippen molar-refractivity contribution in [3.63, 3.8) is 0 Å². The molecule has 1 rings (SSSR count). The van der Waals surface area contributed by atoms with Gasteiger partial charge in [-0.2, -0.15) is 13.2 Å². The molecular weight excluding hydrogens is 253 g/mol. The predicted octanol–water partition coefficient (Wildman–Crippen LogP) is 2.83. The van der Waals surface area contributed by atoms with Crippen LogP contribution in [-0.2, 0) is 13.0 Å². The van der Waals surface area contributed by atoms with E-state index < -0.39 is 12.6 Å². The van der Waals surface area contributed by atoms with E-state index in [0.29, 0.717) is 6.54 Å². The van der Waals surface area contributed by atoms with Crippen molar-refractivity contribution in [2.45, 2.75) is 25.6 Å². The van der Waals surface area contributed by atoms with Gasteiger partial charge in [-0.15, -0.1) is 0 Å². The first-order valence-electron chi connectivity index (χ1n) is 6.38. The summed E-state index contributed by atoms with van der Waals surface area (Å²) < 4.78 is 36.3. The quantitative estimate of drug-likeness (QED) is 0.822. The number of alkyl halides is 3. The highest BCUT2D eigenvalue weighted by molar-refractivity contribution is 5.22. The number of hydrogen-bond donors (Lipinski definition) is 1. The molecule has 0 radical (unpaired) electrons. The van der Waals surface area contributed by atoms with Gasteiger partial charge in [-0.3, -0.25) is 0 Å². The van der Waals surface area contributed by atoms with Crippen LogP contribution in [0.4, 0.5) is 13.2 Å². The molecule has 108 valence electrons. The second kappa shape index (κ2) is 7.50. The third kappa shape index (κ3) is 7.18. The molecule has 1 aromatic rings. The molecule has 0 aromatic heterocycles. The molecule has 0 saturated carbocycles. The molecule has 5 heteroatoms. The Bertz CT molecular complexity index is 360. The van der Waals surface area contributed by atoms with Gasteiger partial charge in [-0.25, -0.2) is 0 Å². The molecule has 0 saturated heterocycles. The maximum atomic E-state index is 12.1. The average molecular weight is 274 g/mol. The number of hydrogen-bond acceptors (Lipinski definition) is 2. The zero-order valence-electron chi connectivity index (χ0n) is 11.4. The monoisotopic (exact) mass is 274 g/mol. The van der Waals surface area contributed by atoms with Gasteiger partial charge in [0, 0.05) is 13.1 Å². The van der Waals surface area contributed by atoms with Crippen LogP contribution in [0.25, 0.3) is 0 Å². The first kappa shape index (κ1) is 16.0. The van der Waals surface area contributed by atoms with Gasteiger partial charge >= 0.3 is 6.18 Å². The van der Waals surface area contributed by atoms with Gasteiger partial charge in [-0.05, 0) is 38.2 Å². The molecule has 0 aliphatic heterocycles. The van der Waals surface area contributed by atoms with Gasteiger partial charge < -0.3 is 10.2 Å². The Hall–Kier alpha value is -1.07. The summed E-state index contributed by atoms with van der Waals surface area (Å²) in [5.41, 5.74) is 2.27. The molecule has 1 N–H and O–H groups in total. The van der Waals surface area contributed by atoms with Gasteiger partial charge in [0.15, 0.2) is 0 Å². The lowest BCUT2D eigenvalue weighted by molar-refractivity contribution is -0.137. The van der Waals surface area contributed by atoms with Crippen LogP contribution in [0.15, 0.2) is 24.3 Å². The lowest BCUT2D eigenvalue weighted by Crippen LogP contribution is -2.24. The van der Waals surface area contributed by atoms with Crippen molar-refractivity contribution >= 4 is 0 Å². The van der Waals surface area contributed by atoms with Gasteiger partial charge in [0.2, 0.25) is 0 Å². The summed E-state index contributed by atoms with van der Waals surface area (Å²) in [6, 6.07) is 8.03. The molecule has 0 spiro atoms. The lowest BCUT2D eigenvalue weighted by atomic mass is 10.1. The molecule has 1 aromatic carbocycles. The average Bonchev–Trinajstić information content (AvgIpc) is 2.35. The van der Waals surface area contributed by atoms with Crippen molar-refractivity contribution in [2.75, 3.05) is 27.2 Å². The zero-order chi connectivity index (χ0) is 14.3. The summed E-state index contributed by atoms with van der Waals surface area (Å²) >= 11 is 0. The van der Waals surface area contributed by atoms with E-state index in [1.54, 1.807) is 11.9 Å². The SMILES string of the molecule is CNCCc1ccc(CN(C)CCC(F)(F)F)cc1. The summed E-state index contributed by atoms with van der Waals surface area (Å²) in [5, 5.41) is 3.08. The van der Waals surface area contributed by atoms with Crippen LogP contribution >= 0.6 is 0 Å². The summed E-state index contributed by atoms with van der Waals surface area (Å²) in [7, 11) is 3.62. The fraction of sp³-hybridized carbons (Fsp3) is 0.571. The number of likely N-dealkylation sites (N-methyl/N-ethyl adjacent to an activating group) is 1. The minimum absolute atomic E-state index is 0.0327. The highest BCUT2D eigenvalue weighted by Crippen LogP contribution is 2.19. The summed E-state index contributed by atoms with van der Waals surface area (Å²) in [6.07, 6.45) is -3.88. The third-order valence-electron chi connectivity index (χ3n) is 2.92. The van der Waals surface area contributed by atoms with E-state index >= 15 is 0 Å². The molecule has 0 unspecified atom stereocenters. The Morgan fingerprint density at radius 3 is 2.21 bits per heavy atom. The zero-order valence-corrected chi connectivity index (χ0v) is 11.4. The molecular formula is C14H21F3N2. The van der Waals surface area contributed by atoms with E-state index in [1.165, 1.54) is 5.56 Å². The molecule has 0 bridgehead atoms. The van der Waals surface area contributed by atoms with Gasteiger partial charge in [-0.1, -0.05) is 24.3 Å². The van der Waals surface area contributed by atoms with Crippen molar-refractivity contribution in [1.29, 1.82) is 0 Å². The lowest BCUT2D eigenvalue weighted by Gasteiger charge is -2.17. The molecule has 0 atom stereocenters. The van der Waals surface area contributed by atoms with E-state index in [9.17, 15) is 13.2 Å². The third-order valence-corrected chi connectivity index (χ3v) is 2.92. The Kier molecular flexibility index (Phi) is 6.31. The van der Waals surface area contributed by atoms with Gasteiger partial charge in [0.1, 0.15) is 0 Å². The van der Waals surface area contributed by atoms with Crippen molar-refractivity contribution in [3.8, 4) is 0 Å². The minimum Gasteiger partial charge on any atom is -0.319 e. The highest BCUT2D eigenvalue weighted by Gasteiger charge is 2.26. The smallest absolute Gasteiger partial charge is 0.319 e. The van der Waals surface area contributed by atoms with Crippen LogP contribution in [-0.4, -0.2) is 38.3 Å². The van der Waals surface area contributed by atoms with E-state index in [4.69, 9.17) is 0 Å². The maximum Gasteiger partial charge on any atom is 0.390 e.